The Morgan fingerprint density at radius 3 is 0.529 bits per heavy atom. The summed E-state index contributed by atoms with van der Waals surface area (Å²) in [7, 11) is -7.63. The normalized spacial score (nSPS) is 13.4. The highest BCUT2D eigenvalue weighted by atomic mass is 28.5. The van der Waals surface area contributed by atoms with Crippen molar-refractivity contribution in [1.82, 2.24) is 0 Å². The fourth-order valence-electron chi connectivity index (χ4n) is 8.38. The van der Waals surface area contributed by atoms with Gasteiger partial charge in [-0.3, -0.25) is 0 Å². The monoisotopic (exact) mass is 1540 g/mol. The molecule has 0 rings (SSSR count). The first-order valence-corrected chi connectivity index (χ1v) is 44.3. The minimum atomic E-state index is -3.12. The highest BCUT2D eigenvalue weighted by molar-refractivity contribution is 6.82. The molecule has 0 saturated carbocycles. The second-order valence-electron chi connectivity index (χ2n) is 22.4. The summed E-state index contributed by atoms with van der Waals surface area (Å²) in [4.78, 5) is 11.7. The Morgan fingerprint density at radius 2 is 0.353 bits per heavy atom. The molecule has 0 aromatic rings. The van der Waals surface area contributed by atoms with E-state index in [0.29, 0.717) is 375 Å². The van der Waals surface area contributed by atoms with E-state index in [1.165, 1.54) is 0 Å². The summed E-state index contributed by atoms with van der Waals surface area (Å²) in [5.41, 5.74) is 0. The summed E-state index contributed by atoms with van der Waals surface area (Å²) in [5, 5.41) is 26.0. The van der Waals surface area contributed by atoms with Crippen molar-refractivity contribution in [1.29, 1.82) is 0 Å². The molecular weight excluding hydrogens is 1400 g/mol. The summed E-state index contributed by atoms with van der Waals surface area (Å²) in [6.07, 6.45) is 2.23. The maximum absolute atomic E-state index is 11.7. The number of hydrogen-bond acceptors (Lipinski definition) is 33. The van der Waals surface area contributed by atoms with Crippen LogP contribution in [0.5, 0.6) is 0 Å². The van der Waals surface area contributed by atoms with E-state index in [9.17, 15) is 4.80 Å². The van der Waals surface area contributed by atoms with Crippen molar-refractivity contribution in [3.63, 3.8) is 0 Å². The molecule has 0 aliphatic rings. The zero-order valence-corrected chi connectivity index (χ0v) is 65.9. The Labute approximate surface area is 613 Å². The Hall–Kier alpha value is -0.669. The zero-order valence-electron chi connectivity index (χ0n) is 62.8. The first-order chi connectivity index (χ1) is 50.3. The van der Waals surface area contributed by atoms with Crippen molar-refractivity contribution in [2.75, 3.05) is 377 Å². The topological polar surface area (TPSA) is 349 Å². The van der Waals surface area contributed by atoms with Crippen molar-refractivity contribution < 1.29 is 156 Å². The highest BCUT2D eigenvalue weighted by Crippen LogP contribution is 2.25. The van der Waals surface area contributed by atoms with Crippen molar-refractivity contribution in [2.45, 2.75) is 57.0 Å². The van der Waals surface area contributed by atoms with Crippen LogP contribution in [0.3, 0.4) is 0 Å². The minimum Gasteiger partial charge on any atom is -0.439 e. The molecule has 0 aliphatic carbocycles. The van der Waals surface area contributed by atoms with Gasteiger partial charge in [0.05, 0.1) is 357 Å². The standard InChI is InChI=1S/C66H140O33Si3/c1-100(64-4-10-71-16-22-77-28-34-83-40-46-89-52-58-95-61-55-92-49-43-86-37-31-80-25-19-74-13-7-67)98-102(3,66-6-12-73-18-24-79-30-36-85-42-48-91-54-60-97-63-57-94-51-45-88-39-33-82-27-21-76-15-9-69)99-101(2,70)65-5-11-72-17-23-78-29-35-84-41-47-90-53-59-96-62-56-93-50-44-87-38-32-81-26-20-75-14-8-68/h67-70,100H,4-66H2,1-3H3. The van der Waals surface area contributed by atoms with Gasteiger partial charge in [0.1, 0.15) is 0 Å². The van der Waals surface area contributed by atoms with Crippen molar-refractivity contribution >= 4 is 26.2 Å². The van der Waals surface area contributed by atoms with Crippen LogP contribution >= 0.6 is 0 Å². The lowest BCUT2D eigenvalue weighted by Crippen LogP contribution is -2.52. The number of aliphatic hydroxyl groups excluding tert-OH is 3. The predicted octanol–water partition coefficient (Wildman–Crippen LogP) is 1.10. The van der Waals surface area contributed by atoms with E-state index in [2.05, 4.69) is 13.1 Å². The van der Waals surface area contributed by atoms with Gasteiger partial charge in [-0.2, -0.15) is 0 Å². The molecule has 0 aliphatic heterocycles. The molecule has 0 spiro atoms. The molecule has 3 atom stereocenters. The molecule has 0 fully saturated rings. The SMILES string of the molecule is C[SiH](CCCOCCOCCOCCOCCOCCOCCOCCOCCOCCO)O[Si](C)(CCCOCCOCCOCCOCCOCCOCCOCCOCCOCCO)O[Si](C)(O)CCCOCCOCCOCCOCCOCCOCCOCCOCCOCCO. The summed E-state index contributed by atoms with van der Waals surface area (Å²) >= 11 is 0. The third kappa shape index (κ3) is 86.6. The van der Waals surface area contributed by atoms with Gasteiger partial charge in [0.2, 0.25) is 0 Å². The van der Waals surface area contributed by atoms with E-state index < -0.39 is 26.2 Å². The van der Waals surface area contributed by atoms with Gasteiger partial charge in [0.25, 0.3) is 0 Å². The summed E-state index contributed by atoms with van der Waals surface area (Å²) < 4.78 is 163. The van der Waals surface area contributed by atoms with E-state index in [1.54, 1.807) is 0 Å². The van der Waals surface area contributed by atoms with Gasteiger partial charge in [-0.1, -0.05) is 0 Å². The third-order valence-electron chi connectivity index (χ3n) is 13.3. The first kappa shape index (κ1) is 101. The largest absolute Gasteiger partial charge is 0.439 e. The zero-order chi connectivity index (χ0) is 73.6. The first-order valence-electron chi connectivity index (χ1n) is 36.8. The Morgan fingerprint density at radius 1 is 0.206 bits per heavy atom. The molecule has 0 amide bonds. The third-order valence-corrected chi connectivity index (χ3v) is 24.1. The van der Waals surface area contributed by atoms with Crippen LogP contribution in [0, 0.1) is 0 Å². The Kier molecular flexibility index (Phi) is 87.0. The fourth-order valence-corrected chi connectivity index (χ4v) is 20.2. The molecular formula is C66H140O33Si3. The molecule has 0 radical (unpaired) electrons. The Bertz CT molecular complexity index is 1550. The maximum Gasteiger partial charge on any atom is 0.323 e. The van der Waals surface area contributed by atoms with Crippen LogP contribution in [0.2, 0.25) is 37.8 Å². The minimum absolute atomic E-state index is 0.00751. The van der Waals surface area contributed by atoms with E-state index in [0.717, 1.165) is 18.9 Å². The summed E-state index contributed by atoms with van der Waals surface area (Å²) in [6.45, 7) is 31.0. The van der Waals surface area contributed by atoms with Crippen LogP contribution in [0.25, 0.3) is 0 Å². The van der Waals surface area contributed by atoms with Crippen molar-refractivity contribution in [3.8, 4) is 0 Å². The molecule has 0 heterocycles. The van der Waals surface area contributed by atoms with Gasteiger partial charge in [-0.25, -0.2) is 0 Å². The Balaban J connectivity index is 4.31. The van der Waals surface area contributed by atoms with Gasteiger partial charge in [-0.15, -0.1) is 0 Å². The molecule has 0 saturated heterocycles. The second-order valence-corrected chi connectivity index (χ2v) is 32.0. The van der Waals surface area contributed by atoms with Crippen molar-refractivity contribution in [3.05, 3.63) is 0 Å². The molecule has 0 aromatic heterocycles. The number of aliphatic hydroxyl groups is 3. The van der Waals surface area contributed by atoms with Gasteiger partial charge < -0.3 is 156 Å². The molecule has 0 bridgehead atoms. The summed E-state index contributed by atoms with van der Waals surface area (Å²) in [5.74, 6) is 0. The molecule has 3 unspecified atom stereocenters. The number of hydrogen-bond donors (Lipinski definition) is 4. The summed E-state index contributed by atoms with van der Waals surface area (Å²) in [6, 6.07) is 2.09. The molecule has 0 aromatic carbocycles. The lowest BCUT2D eigenvalue weighted by molar-refractivity contribution is -0.0255. The molecule has 614 valence electrons. The van der Waals surface area contributed by atoms with E-state index in [-0.39, 0.29) is 19.8 Å². The molecule has 4 N–H and O–H groups in total. The highest BCUT2D eigenvalue weighted by Gasteiger charge is 2.41. The van der Waals surface area contributed by atoms with Gasteiger partial charge >= 0.3 is 17.1 Å². The van der Waals surface area contributed by atoms with Crippen molar-refractivity contribution in [2.24, 2.45) is 0 Å². The van der Waals surface area contributed by atoms with E-state index >= 15 is 0 Å². The van der Waals surface area contributed by atoms with Crippen LogP contribution in [-0.2, 0) is 136 Å². The van der Waals surface area contributed by atoms with Crippen LogP contribution in [0.4, 0.5) is 0 Å². The van der Waals surface area contributed by atoms with Gasteiger partial charge in [0.15, 0.2) is 9.04 Å². The predicted molar refractivity (Wildman–Crippen MR) is 382 cm³/mol. The van der Waals surface area contributed by atoms with E-state index in [1.807, 2.05) is 6.55 Å². The van der Waals surface area contributed by atoms with Gasteiger partial charge in [0, 0.05) is 19.8 Å². The molecule has 102 heavy (non-hydrogen) atoms. The van der Waals surface area contributed by atoms with Crippen LogP contribution in [0.1, 0.15) is 19.3 Å². The van der Waals surface area contributed by atoms with E-state index in [4.69, 9.17) is 151 Å². The van der Waals surface area contributed by atoms with Crippen LogP contribution < -0.4 is 0 Å². The van der Waals surface area contributed by atoms with Crippen LogP contribution in [0.15, 0.2) is 0 Å². The maximum atomic E-state index is 11.7. The molecule has 33 nitrogen and oxygen atoms in total. The van der Waals surface area contributed by atoms with Crippen LogP contribution in [-0.4, -0.2) is 423 Å². The second kappa shape index (κ2) is 87.6. The fraction of sp³-hybridized carbons (Fsp3) is 1.00. The lowest BCUT2D eigenvalue weighted by Gasteiger charge is -2.36. The average Bonchev–Trinajstić information content (AvgIpc) is 0.848. The molecule has 36 heteroatoms. The smallest absolute Gasteiger partial charge is 0.323 e. The number of ether oxygens (including phenoxy) is 27. The lowest BCUT2D eigenvalue weighted by atomic mass is 10.5. The average molecular weight is 1550 g/mol. The quantitative estimate of drug-likeness (QED) is 0.0489. The number of rotatable bonds is 94. The van der Waals surface area contributed by atoms with Gasteiger partial charge in [-0.05, 0) is 57.0 Å².